The molecule has 1 aromatic carbocycles. The topological polar surface area (TPSA) is 102 Å². The summed E-state index contributed by atoms with van der Waals surface area (Å²) >= 11 is 0. The monoisotopic (exact) mass is 395 g/mol. The summed E-state index contributed by atoms with van der Waals surface area (Å²) in [5.74, 6) is 0.840. The zero-order chi connectivity index (χ0) is 20.0. The Morgan fingerprint density at radius 1 is 1.37 bits per heavy atom. The molecule has 1 fully saturated rings. The van der Waals surface area contributed by atoms with Gasteiger partial charge in [0.05, 0.1) is 25.0 Å². The molecule has 8 nitrogen and oxygen atoms in total. The predicted octanol–water partition coefficient (Wildman–Crippen LogP) is 1.64. The Labute approximate surface area is 159 Å². The molecule has 2 heterocycles. The molecule has 0 aliphatic carbocycles. The van der Waals surface area contributed by atoms with Gasteiger partial charge in [-0.2, -0.15) is 0 Å². The maximum atomic E-state index is 12.2. The lowest BCUT2D eigenvalue weighted by Gasteiger charge is -2.22. The first-order chi connectivity index (χ1) is 12.8. The van der Waals surface area contributed by atoms with Crippen molar-refractivity contribution >= 4 is 16.5 Å². The SMILES string of the molecule is Cc1cccc(-c2nccn2[C@@H]2COC[C@H]2CS(=O)(=O)N(C)C)c1.O=CO. The van der Waals surface area contributed by atoms with Crippen molar-refractivity contribution in [3.05, 3.63) is 42.2 Å². The van der Waals surface area contributed by atoms with Crippen LogP contribution in [0, 0.1) is 12.8 Å². The van der Waals surface area contributed by atoms with Crippen LogP contribution >= 0.6 is 0 Å². The number of benzene rings is 1. The minimum Gasteiger partial charge on any atom is -0.483 e. The summed E-state index contributed by atoms with van der Waals surface area (Å²) in [5.41, 5.74) is 2.19. The molecule has 148 valence electrons. The zero-order valence-electron chi connectivity index (χ0n) is 15.6. The fourth-order valence-electron chi connectivity index (χ4n) is 3.06. The summed E-state index contributed by atoms with van der Waals surface area (Å²) < 4.78 is 33.4. The molecule has 1 aliphatic rings. The number of aromatic nitrogens is 2. The summed E-state index contributed by atoms with van der Waals surface area (Å²) in [5, 5.41) is 6.89. The van der Waals surface area contributed by atoms with E-state index in [1.807, 2.05) is 31.3 Å². The number of imidazole rings is 1. The Kier molecular flexibility index (Phi) is 7.11. The fourth-order valence-corrected chi connectivity index (χ4v) is 4.22. The van der Waals surface area contributed by atoms with Crippen molar-refractivity contribution in [2.45, 2.75) is 13.0 Å². The first-order valence-corrected chi connectivity index (χ1v) is 10.1. The van der Waals surface area contributed by atoms with Crippen LogP contribution in [0.2, 0.25) is 0 Å². The third-order valence-corrected chi connectivity index (χ3v) is 6.41. The van der Waals surface area contributed by atoms with E-state index in [0.717, 1.165) is 17.0 Å². The Bertz CT molecular complexity index is 863. The number of hydrogen-bond donors (Lipinski definition) is 1. The molecule has 2 aromatic rings. The second-order valence-electron chi connectivity index (χ2n) is 6.56. The zero-order valence-corrected chi connectivity index (χ0v) is 16.5. The third kappa shape index (κ3) is 5.15. The van der Waals surface area contributed by atoms with E-state index >= 15 is 0 Å². The number of aryl methyl sites for hydroxylation is 1. The molecule has 1 N–H and O–H groups in total. The molecule has 27 heavy (non-hydrogen) atoms. The maximum Gasteiger partial charge on any atom is 0.290 e. The van der Waals surface area contributed by atoms with Gasteiger partial charge in [-0.3, -0.25) is 4.79 Å². The van der Waals surface area contributed by atoms with E-state index in [1.165, 1.54) is 4.31 Å². The van der Waals surface area contributed by atoms with Crippen LogP contribution in [0.5, 0.6) is 0 Å². The average Bonchev–Trinajstić information content (AvgIpc) is 3.23. The van der Waals surface area contributed by atoms with Gasteiger partial charge in [-0.05, 0) is 13.0 Å². The highest BCUT2D eigenvalue weighted by Gasteiger charge is 2.35. The normalized spacial score (nSPS) is 19.6. The quantitative estimate of drug-likeness (QED) is 0.772. The highest BCUT2D eigenvalue weighted by molar-refractivity contribution is 7.89. The number of rotatable bonds is 5. The van der Waals surface area contributed by atoms with Crippen LogP contribution in [-0.2, 0) is 19.6 Å². The summed E-state index contributed by atoms with van der Waals surface area (Å²) in [6, 6.07) is 8.12. The molecule has 0 spiro atoms. The molecule has 1 saturated heterocycles. The Hall–Kier alpha value is -2.23. The maximum absolute atomic E-state index is 12.2. The summed E-state index contributed by atoms with van der Waals surface area (Å²) in [4.78, 5) is 12.8. The largest absolute Gasteiger partial charge is 0.483 e. The van der Waals surface area contributed by atoms with Gasteiger partial charge in [0.1, 0.15) is 5.82 Å². The molecule has 0 bridgehead atoms. The lowest BCUT2D eigenvalue weighted by molar-refractivity contribution is -0.122. The van der Waals surface area contributed by atoms with Gasteiger partial charge in [0, 0.05) is 38.0 Å². The number of carboxylic acid groups (broad SMARTS) is 1. The lowest BCUT2D eigenvalue weighted by Crippen LogP contribution is -2.32. The third-order valence-electron chi connectivity index (χ3n) is 4.45. The van der Waals surface area contributed by atoms with Gasteiger partial charge in [-0.1, -0.05) is 23.8 Å². The first-order valence-electron chi connectivity index (χ1n) is 8.45. The Morgan fingerprint density at radius 3 is 2.70 bits per heavy atom. The molecule has 0 saturated carbocycles. The van der Waals surface area contributed by atoms with Crippen LogP contribution in [0.15, 0.2) is 36.7 Å². The van der Waals surface area contributed by atoms with E-state index in [2.05, 4.69) is 15.6 Å². The average molecular weight is 395 g/mol. The number of sulfonamides is 1. The number of hydrogen-bond acceptors (Lipinski definition) is 5. The molecule has 1 aromatic heterocycles. The first kappa shape index (κ1) is 21.1. The van der Waals surface area contributed by atoms with Gasteiger partial charge >= 0.3 is 0 Å². The van der Waals surface area contributed by atoms with Gasteiger partial charge in [0.15, 0.2) is 0 Å². The van der Waals surface area contributed by atoms with Gasteiger partial charge in [0.2, 0.25) is 10.0 Å². The summed E-state index contributed by atoms with van der Waals surface area (Å²) in [6.45, 7) is 2.74. The van der Waals surface area contributed by atoms with E-state index in [9.17, 15) is 8.42 Å². The van der Waals surface area contributed by atoms with Crippen molar-refractivity contribution in [3.8, 4) is 11.4 Å². The smallest absolute Gasteiger partial charge is 0.290 e. The van der Waals surface area contributed by atoms with E-state index in [-0.39, 0.29) is 24.2 Å². The molecular weight excluding hydrogens is 370 g/mol. The van der Waals surface area contributed by atoms with E-state index in [0.29, 0.717) is 13.2 Å². The van der Waals surface area contributed by atoms with Crippen LogP contribution in [0.4, 0.5) is 0 Å². The molecule has 0 amide bonds. The van der Waals surface area contributed by atoms with Crippen molar-refractivity contribution < 1.29 is 23.1 Å². The lowest BCUT2D eigenvalue weighted by atomic mass is 10.1. The fraction of sp³-hybridized carbons (Fsp3) is 0.444. The van der Waals surface area contributed by atoms with Crippen LogP contribution in [0.1, 0.15) is 11.6 Å². The Morgan fingerprint density at radius 2 is 2.07 bits per heavy atom. The molecule has 3 rings (SSSR count). The van der Waals surface area contributed by atoms with Crippen molar-refractivity contribution in [1.29, 1.82) is 0 Å². The van der Waals surface area contributed by atoms with Gasteiger partial charge < -0.3 is 14.4 Å². The molecular formula is C18H25N3O5S. The van der Waals surface area contributed by atoms with Crippen LogP contribution in [0.3, 0.4) is 0 Å². The molecule has 9 heteroatoms. The van der Waals surface area contributed by atoms with Crippen molar-refractivity contribution in [2.75, 3.05) is 33.1 Å². The van der Waals surface area contributed by atoms with Crippen LogP contribution in [-0.4, -0.2) is 66.9 Å². The predicted molar refractivity (Wildman–Crippen MR) is 102 cm³/mol. The molecule has 2 atom stereocenters. The second-order valence-corrected chi connectivity index (χ2v) is 8.79. The van der Waals surface area contributed by atoms with Gasteiger partial charge in [-0.15, -0.1) is 0 Å². The van der Waals surface area contributed by atoms with Crippen molar-refractivity contribution in [3.63, 3.8) is 0 Å². The second kappa shape index (κ2) is 9.12. The van der Waals surface area contributed by atoms with E-state index in [1.54, 1.807) is 20.3 Å². The summed E-state index contributed by atoms with van der Waals surface area (Å²) in [6.07, 6.45) is 3.67. The van der Waals surface area contributed by atoms with Gasteiger partial charge in [0.25, 0.3) is 6.47 Å². The van der Waals surface area contributed by atoms with Crippen molar-refractivity contribution in [2.24, 2.45) is 5.92 Å². The summed E-state index contributed by atoms with van der Waals surface area (Å²) in [7, 11) is -0.140. The van der Waals surface area contributed by atoms with Gasteiger partial charge in [-0.25, -0.2) is 17.7 Å². The van der Waals surface area contributed by atoms with Crippen LogP contribution in [0.25, 0.3) is 11.4 Å². The number of nitrogens with zero attached hydrogens (tertiary/aromatic N) is 3. The minimum absolute atomic E-state index is 0.0299. The number of carbonyl (C=O) groups is 1. The highest BCUT2D eigenvalue weighted by Crippen LogP contribution is 2.31. The minimum atomic E-state index is -3.27. The van der Waals surface area contributed by atoms with E-state index < -0.39 is 10.0 Å². The molecule has 0 unspecified atom stereocenters. The standard InChI is InChI=1S/C17H23N3O3S.CH2O2/c1-13-5-4-6-14(9-13)17-18-7-8-20(17)16-11-23-10-15(16)12-24(21,22)19(2)3;2-1-3/h4-9,15-16H,10-12H2,1-3H3;1H,(H,2,3)/t15-,16+;/m0./s1. The van der Waals surface area contributed by atoms with Crippen LogP contribution < -0.4 is 0 Å². The molecule has 0 radical (unpaired) electrons. The highest BCUT2D eigenvalue weighted by atomic mass is 32.2. The van der Waals surface area contributed by atoms with E-state index in [4.69, 9.17) is 14.6 Å². The number of ether oxygens (including phenoxy) is 1. The Balaban J connectivity index is 0.000000817. The molecule has 1 aliphatic heterocycles. The van der Waals surface area contributed by atoms with Crippen molar-refractivity contribution in [1.82, 2.24) is 13.9 Å².